The van der Waals surface area contributed by atoms with E-state index < -0.39 is 0 Å². The molecule has 4 rings (SSSR count). The molecule has 7 nitrogen and oxygen atoms in total. The molecular formula is C20H26N6OS. The summed E-state index contributed by atoms with van der Waals surface area (Å²) >= 11 is 1.77. The van der Waals surface area contributed by atoms with Crippen molar-refractivity contribution in [3.8, 4) is 0 Å². The minimum atomic E-state index is 0.0817. The zero-order chi connectivity index (χ0) is 19.5. The van der Waals surface area contributed by atoms with Gasteiger partial charge in [0.15, 0.2) is 0 Å². The van der Waals surface area contributed by atoms with Gasteiger partial charge in [0.2, 0.25) is 5.91 Å². The number of amides is 1. The van der Waals surface area contributed by atoms with Gasteiger partial charge in [-0.1, -0.05) is 6.07 Å². The Morgan fingerprint density at radius 2 is 2.14 bits per heavy atom. The summed E-state index contributed by atoms with van der Waals surface area (Å²) < 4.78 is 1.74. The van der Waals surface area contributed by atoms with E-state index in [-0.39, 0.29) is 11.9 Å². The standard InChI is InChI=1S/C20H26N6OS/c1-14-16(15(2)26-20(24-14)22-13-23-26)7-8-19(27)21-12-17(18-6-5-11-28-18)25-9-3-4-10-25/h5-6,11,13,17H,3-4,7-10,12H2,1-2H3,(H,21,27). The second kappa shape index (κ2) is 8.36. The van der Waals surface area contributed by atoms with Gasteiger partial charge in [0.25, 0.3) is 5.78 Å². The lowest BCUT2D eigenvalue weighted by atomic mass is 10.1. The molecule has 3 aromatic rings. The largest absolute Gasteiger partial charge is 0.354 e. The summed E-state index contributed by atoms with van der Waals surface area (Å²) in [6.45, 7) is 6.86. The molecule has 0 spiro atoms. The molecule has 0 bridgehead atoms. The van der Waals surface area contributed by atoms with Crippen molar-refractivity contribution in [2.75, 3.05) is 19.6 Å². The lowest BCUT2D eigenvalue weighted by molar-refractivity contribution is -0.121. The maximum absolute atomic E-state index is 12.6. The molecule has 1 saturated heterocycles. The van der Waals surface area contributed by atoms with Crippen molar-refractivity contribution in [3.63, 3.8) is 0 Å². The second-order valence-corrected chi connectivity index (χ2v) is 8.29. The molecule has 1 fully saturated rings. The molecule has 1 unspecified atom stereocenters. The van der Waals surface area contributed by atoms with Crippen LogP contribution in [0.2, 0.25) is 0 Å². The SMILES string of the molecule is Cc1nc2ncnn2c(C)c1CCC(=O)NCC(c1cccs1)N1CCCC1. The maximum Gasteiger partial charge on any atom is 0.252 e. The van der Waals surface area contributed by atoms with E-state index in [0.717, 1.165) is 30.0 Å². The number of aryl methyl sites for hydroxylation is 2. The molecule has 0 saturated carbocycles. The highest BCUT2D eigenvalue weighted by atomic mass is 32.1. The number of carbonyl (C=O) groups excluding carboxylic acids is 1. The molecule has 0 radical (unpaired) electrons. The average molecular weight is 399 g/mol. The van der Waals surface area contributed by atoms with Crippen LogP contribution in [0.5, 0.6) is 0 Å². The summed E-state index contributed by atoms with van der Waals surface area (Å²) in [6, 6.07) is 4.54. The molecule has 1 N–H and O–H groups in total. The number of carbonyl (C=O) groups is 1. The quantitative estimate of drug-likeness (QED) is 0.662. The molecule has 28 heavy (non-hydrogen) atoms. The van der Waals surface area contributed by atoms with Crippen LogP contribution in [0.3, 0.4) is 0 Å². The van der Waals surface area contributed by atoms with Crippen LogP contribution in [-0.4, -0.2) is 50.0 Å². The minimum Gasteiger partial charge on any atom is -0.354 e. The third kappa shape index (κ3) is 3.93. The summed E-state index contributed by atoms with van der Waals surface area (Å²) in [5, 5.41) is 9.49. The van der Waals surface area contributed by atoms with Crippen LogP contribution in [0.1, 0.15) is 47.1 Å². The highest BCUT2D eigenvalue weighted by molar-refractivity contribution is 7.10. The van der Waals surface area contributed by atoms with Crippen molar-refractivity contribution in [1.29, 1.82) is 0 Å². The number of hydrogen-bond acceptors (Lipinski definition) is 6. The number of nitrogens with one attached hydrogen (secondary N) is 1. The molecule has 0 aliphatic carbocycles. The summed E-state index contributed by atoms with van der Waals surface area (Å²) in [7, 11) is 0. The molecule has 0 aromatic carbocycles. The smallest absolute Gasteiger partial charge is 0.252 e. The fraction of sp³-hybridized carbons (Fsp3) is 0.500. The summed E-state index contributed by atoms with van der Waals surface area (Å²) in [4.78, 5) is 25.0. The van der Waals surface area contributed by atoms with Gasteiger partial charge in [-0.2, -0.15) is 10.1 Å². The van der Waals surface area contributed by atoms with Gasteiger partial charge in [-0.05, 0) is 63.2 Å². The topological polar surface area (TPSA) is 75.4 Å². The molecule has 1 aliphatic heterocycles. The van der Waals surface area contributed by atoms with Crippen molar-refractivity contribution in [2.24, 2.45) is 0 Å². The van der Waals surface area contributed by atoms with Crippen LogP contribution in [0.4, 0.5) is 0 Å². The van der Waals surface area contributed by atoms with Crippen molar-refractivity contribution in [1.82, 2.24) is 29.8 Å². The monoisotopic (exact) mass is 398 g/mol. The normalized spacial score (nSPS) is 15.9. The van der Waals surface area contributed by atoms with Gasteiger partial charge < -0.3 is 5.32 Å². The van der Waals surface area contributed by atoms with Gasteiger partial charge in [0.1, 0.15) is 6.33 Å². The van der Waals surface area contributed by atoms with Gasteiger partial charge in [0, 0.05) is 29.2 Å². The van der Waals surface area contributed by atoms with Gasteiger partial charge >= 0.3 is 0 Å². The number of nitrogens with zero attached hydrogens (tertiary/aromatic N) is 5. The summed E-state index contributed by atoms with van der Waals surface area (Å²) in [6.07, 6.45) is 5.09. The third-order valence-corrected chi connectivity index (χ3v) is 6.51. The van der Waals surface area contributed by atoms with Crippen molar-refractivity contribution in [3.05, 3.63) is 45.7 Å². The Bertz CT molecular complexity index is 945. The first kappa shape index (κ1) is 19.0. The maximum atomic E-state index is 12.6. The van der Waals surface area contributed by atoms with E-state index >= 15 is 0 Å². The first-order chi connectivity index (χ1) is 13.6. The van der Waals surface area contributed by atoms with Crippen LogP contribution in [0.15, 0.2) is 23.8 Å². The molecular weight excluding hydrogens is 372 g/mol. The number of aromatic nitrogens is 4. The first-order valence-corrected chi connectivity index (χ1v) is 10.7. The summed E-state index contributed by atoms with van der Waals surface area (Å²) in [5.41, 5.74) is 2.99. The number of hydrogen-bond donors (Lipinski definition) is 1. The highest BCUT2D eigenvalue weighted by Gasteiger charge is 2.24. The Balaban J connectivity index is 1.38. The van der Waals surface area contributed by atoms with E-state index in [2.05, 4.69) is 42.8 Å². The van der Waals surface area contributed by atoms with Crippen molar-refractivity contribution < 1.29 is 4.79 Å². The lowest BCUT2D eigenvalue weighted by Gasteiger charge is -2.27. The number of fused-ring (bicyclic) bond motifs is 1. The fourth-order valence-electron chi connectivity index (χ4n) is 4.00. The van der Waals surface area contributed by atoms with Crippen LogP contribution >= 0.6 is 11.3 Å². The third-order valence-electron chi connectivity index (χ3n) is 5.54. The van der Waals surface area contributed by atoms with E-state index in [1.54, 1.807) is 15.9 Å². The lowest BCUT2D eigenvalue weighted by Crippen LogP contribution is -2.36. The van der Waals surface area contributed by atoms with Crippen molar-refractivity contribution >= 4 is 23.0 Å². The number of rotatable bonds is 7. The Morgan fingerprint density at radius 1 is 1.32 bits per heavy atom. The minimum absolute atomic E-state index is 0.0817. The number of thiophene rings is 1. The van der Waals surface area contributed by atoms with Crippen LogP contribution in [0.25, 0.3) is 5.78 Å². The predicted octanol–water partition coefficient (Wildman–Crippen LogP) is 2.69. The van der Waals surface area contributed by atoms with Crippen LogP contribution in [0, 0.1) is 13.8 Å². The van der Waals surface area contributed by atoms with E-state index in [0.29, 0.717) is 25.2 Å². The first-order valence-electron chi connectivity index (χ1n) is 9.83. The van der Waals surface area contributed by atoms with E-state index in [4.69, 9.17) is 0 Å². The Labute approximate surface area is 168 Å². The Kier molecular flexibility index (Phi) is 5.68. The van der Waals surface area contributed by atoms with Crippen LogP contribution < -0.4 is 5.32 Å². The van der Waals surface area contributed by atoms with E-state index in [9.17, 15) is 4.79 Å². The fourth-order valence-corrected chi connectivity index (χ4v) is 4.86. The van der Waals surface area contributed by atoms with Gasteiger partial charge in [-0.3, -0.25) is 9.69 Å². The zero-order valence-corrected chi connectivity index (χ0v) is 17.2. The predicted molar refractivity (Wildman–Crippen MR) is 109 cm³/mol. The summed E-state index contributed by atoms with van der Waals surface area (Å²) in [5.74, 6) is 0.686. The highest BCUT2D eigenvalue weighted by Crippen LogP contribution is 2.27. The van der Waals surface area contributed by atoms with E-state index in [1.165, 1.54) is 24.0 Å². The van der Waals surface area contributed by atoms with Crippen LogP contribution in [-0.2, 0) is 11.2 Å². The molecule has 1 amide bonds. The van der Waals surface area contributed by atoms with E-state index in [1.807, 2.05) is 13.8 Å². The Morgan fingerprint density at radius 3 is 2.89 bits per heavy atom. The molecule has 1 atom stereocenters. The zero-order valence-electron chi connectivity index (χ0n) is 16.4. The molecule has 148 valence electrons. The van der Waals surface area contributed by atoms with Gasteiger partial charge in [-0.15, -0.1) is 11.3 Å². The molecule has 4 heterocycles. The van der Waals surface area contributed by atoms with Crippen molar-refractivity contribution in [2.45, 2.75) is 45.6 Å². The molecule has 8 heteroatoms. The number of likely N-dealkylation sites (tertiary alicyclic amines) is 1. The second-order valence-electron chi connectivity index (χ2n) is 7.31. The molecule has 1 aliphatic rings. The Hall–Kier alpha value is -2.32. The van der Waals surface area contributed by atoms with Gasteiger partial charge in [-0.25, -0.2) is 9.50 Å². The average Bonchev–Trinajstić information content (AvgIpc) is 3.44. The molecule has 3 aromatic heterocycles. The van der Waals surface area contributed by atoms with Gasteiger partial charge in [0.05, 0.1) is 6.04 Å².